The van der Waals surface area contributed by atoms with Crippen LogP contribution < -0.4 is 0 Å². The van der Waals surface area contributed by atoms with Crippen molar-refractivity contribution in [1.29, 1.82) is 0 Å². The standard InChI is InChI=1S/C8H13/c1-8(2)6-4-3-5-7-8/h3H,4,6-7H2,1-2H3. The lowest BCUT2D eigenvalue weighted by Gasteiger charge is -2.24. The zero-order valence-corrected chi connectivity index (χ0v) is 5.70. The summed E-state index contributed by atoms with van der Waals surface area (Å²) in [6, 6.07) is 0. The van der Waals surface area contributed by atoms with Crippen LogP contribution in [0.4, 0.5) is 0 Å². The topological polar surface area (TPSA) is 0 Å². The smallest absolute Gasteiger partial charge is 0.0228 e. The van der Waals surface area contributed by atoms with Crippen LogP contribution in [0.1, 0.15) is 33.1 Å². The van der Waals surface area contributed by atoms with E-state index in [2.05, 4.69) is 26.0 Å². The lowest BCUT2D eigenvalue weighted by molar-refractivity contribution is 0.325. The molecule has 1 rings (SSSR count). The fraction of sp³-hybridized carbons (Fsp3) is 0.750. The van der Waals surface area contributed by atoms with Crippen LogP contribution in [0, 0.1) is 11.5 Å². The lowest BCUT2D eigenvalue weighted by atomic mass is 9.81. The molecule has 0 aliphatic heterocycles. The molecule has 0 atom stereocenters. The van der Waals surface area contributed by atoms with Crippen LogP contribution in [0.25, 0.3) is 0 Å². The molecule has 1 aliphatic rings. The first-order valence-corrected chi connectivity index (χ1v) is 3.26. The van der Waals surface area contributed by atoms with Crippen molar-refractivity contribution in [2.45, 2.75) is 33.1 Å². The molecule has 0 nitrogen and oxygen atoms in total. The molecule has 0 saturated heterocycles. The van der Waals surface area contributed by atoms with Gasteiger partial charge in [0.25, 0.3) is 0 Å². The van der Waals surface area contributed by atoms with E-state index < -0.39 is 0 Å². The summed E-state index contributed by atoms with van der Waals surface area (Å²) < 4.78 is 0. The average Bonchev–Trinajstić information content (AvgIpc) is 1.65. The Morgan fingerprint density at radius 3 is 2.50 bits per heavy atom. The molecular formula is C8H13. The number of hydrogen-bond donors (Lipinski definition) is 0. The van der Waals surface area contributed by atoms with Gasteiger partial charge >= 0.3 is 0 Å². The Morgan fingerprint density at radius 1 is 1.50 bits per heavy atom. The van der Waals surface area contributed by atoms with E-state index in [1.807, 2.05) is 0 Å². The highest BCUT2D eigenvalue weighted by Crippen LogP contribution is 2.29. The molecule has 0 heterocycles. The first-order chi connectivity index (χ1) is 3.71. The summed E-state index contributed by atoms with van der Waals surface area (Å²) in [5.41, 5.74) is 0.536. The van der Waals surface area contributed by atoms with E-state index in [0.29, 0.717) is 5.41 Å². The molecule has 0 amide bonds. The van der Waals surface area contributed by atoms with Gasteiger partial charge in [-0.3, -0.25) is 0 Å². The minimum atomic E-state index is 0.536. The zero-order chi connectivity index (χ0) is 6.04. The minimum Gasteiger partial charge on any atom is -0.0810 e. The van der Waals surface area contributed by atoms with E-state index in [1.165, 1.54) is 12.8 Å². The second-order valence-electron chi connectivity index (χ2n) is 3.29. The normalized spacial score (nSPS) is 25.8. The van der Waals surface area contributed by atoms with Gasteiger partial charge in [-0.25, -0.2) is 0 Å². The third kappa shape index (κ3) is 1.36. The predicted octanol–water partition coefficient (Wildman–Crippen LogP) is 2.56. The Balaban J connectivity index is 2.50. The fourth-order valence-corrected chi connectivity index (χ4v) is 1.00. The maximum absolute atomic E-state index is 3.25. The molecule has 0 aromatic heterocycles. The van der Waals surface area contributed by atoms with E-state index in [4.69, 9.17) is 0 Å². The van der Waals surface area contributed by atoms with Crippen molar-refractivity contribution in [3.63, 3.8) is 0 Å². The van der Waals surface area contributed by atoms with Crippen LogP contribution in [0.5, 0.6) is 0 Å². The van der Waals surface area contributed by atoms with Gasteiger partial charge in [0.15, 0.2) is 0 Å². The van der Waals surface area contributed by atoms with Crippen molar-refractivity contribution in [2.24, 2.45) is 5.41 Å². The first-order valence-electron chi connectivity index (χ1n) is 3.26. The SMILES string of the molecule is CC1(C)C[C]=CCC1. The Morgan fingerprint density at radius 2 is 2.25 bits per heavy atom. The highest BCUT2D eigenvalue weighted by Gasteiger charge is 2.17. The van der Waals surface area contributed by atoms with Crippen LogP contribution in [0.15, 0.2) is 6.08 Å². The summed E-state index contributed by atoms with van der Waals surface area (Å²) in [6.45, 7) is 4.60. The summed E-state index contributed by atoms with van der Waals surface area (Å²) in [5, 5.41) is 0. The Hall–Kier alpha value is -0.260. The molecule has 0 aromatic rings. The second-order valence-corrected chi connectivity index (χ2v) is 3.29. The van der Waals surface area contributed by atoms with Gasteiger partial charge in [0.2, 0.25) is 0 Å². The van der Waals surface area contributed by atoms with Gasteiger partial charge in [0.05, 0.1) is 0 Å². The fourth-order valence-electron chi connectivity index (χ4n) is 1.00. The molecule has 0 saturated carbocycles. The molecule has 8 heavy (non-hydrogen) atoms. The Kier molecular flexibility index (Phi) is 1.41. The van der Waals surface area contributed by atoms with Crippen molar-refractivity contribution >= 4 is 0 Å². The van der Waals surface area contributed by atoms with Crippen LogP contribution in [-0.4, -0.2) is 0 Å². The van der Waals surface area contributed by atoms with Crippen molar-refractivity contribution in [1.82, 2.24) is 0 Å². The second kappa shape index (κ2) is 1.93. The van der Waals surface area contributed by atoms with E-state index in [9.17, 15) is 0 Å². The monoisotopic (exact) mass is 109 g/mol. The lowest BCUT2D eigenvalue weighted by Crippen LogP contribution is -2.11. The summed E-state index contributed by atoms with van der Waals surface area (Å²) in [7, 11) is 0. The third-order valence-corrected chi connectivity index (χ3v) is 1.69. The van der Waals surface area contributed by atoms with E-state index in [-0.39, 0.29) is 0 Å². The molecule has 45 valence electrons. The summed E-state index contributed by atoms with van der Waals surface area (Å²) in [6.07, 6.45) is 9.12. The minimum absolute atomic E-state index is 0.536. The van der Waals surface area contributed by atoms with Gasteiger partial charge in [-0.1, -0.05) is 19.9 Å². The quantitative estimate of drug-likeness (QED) is 0.448. The Bertz CT molecular complexity index is 98.6. The molecule has 1 aliphatic carbocycles. The first kappa shape index (κ1) is 5.87. The number of allylic oxidation sites excluding steroid dienone is 2. The summed E-state index contributed by atoms with van der Waals surface area (Å²) in [4.78, 5) is 0. The van der Waals surface area contributed by atoms with Crippen LogP contribution >= 0.6 is 0 Å². The molecule has 0 unspecified atom stereocenters. The molecule has 0 heteroatoms. The average molecular weight is 109 g/mol. The van der Waals surface area contributed by atoms with Gasteiger partial charge < -0.3 is 0 Å². The molecule has 0 N–H and O–H groups in total. The van der Waals surface area contributed by atoms with Gasteiger partial charge in [0.1, 0.15) is 0 Å². The van der Waals surface area contributed by atoms with Crippen molar-refractivity contribution < 1.29 is 0 Å². The van der Waals surface area contributed by atoms with Crippen molar-refractivity contribution in [3.8, 4) is 0 Å². The van der Waals surface area contributed by atoms with Gasteiger partial charge in [-0.2, -0.15) is 0 Å². The molecule has 0 aromatic carbocycles. The van der Waals surface area contributed by atoms with Gasteiger partial charge in [-0.05, 0) is 30.8 Å². The molecular weight excluding hydrogens is 96.1 g/mol. The zero-order valence-electron chi connectivity index (χ0n) is 5.70. The van der Waals surface area contributed by atoms with E-state index >= 15 is 0 Å². The van der Waals surface area contributed by atoms with Gasteiger partial charge in [0, 0.05) is 0 Å². The Labute approximate surface area is 51.6 Å². The summed E-state index contributed by atoms with van der Waals surface area (Å²) in [5.74, 6) is 0. The molecule has 0 bridgehead atoms. The van der Waals surface area contributed by atoms with E-state index in [0.717, 1.165) is 6.42 Å². The molecule has 0 fully saturated rings. The predicted molar refractivity (Wildman–Crippen MR) is 35.4 cm³/mol. The molecule has 1 radical (unpaired) electrons. The number of rotatable bonds is 0. The molecule has 0 spiro atoms. The summed E-state index contributed by atoms with van der Waals surface area (Å²) >= 11 is 0. The maximum Gasteiger partial charge on any atom is -0.0228 e. The van der Waals surface area contributed by atoms with Crippen LogP contribution in [0.2, 0.25) is 0 Å². The highest BCUT2D eigenvalue weighted by atomic mass is 14.2. The highest BCUT2D eigenvalue weighted by molar-refractivity contribution is 4.87. The van der Waals surface area contributed by atoms with Crippen molar-refractivity contribution in [3.05, 3.63) is 12.2 Å². The van der Waals surface area contributed by atoms with Crippen LogP contribution in [0.3, 0.4) is 0 Å². The number of hydrogen-bond acceptors (Lipinski definition) is 0. The maximum atomic E-state index is 3.25. The third-order valence-electron chi connectivity index (χ3n) is 1.69. The van der Waals surface area contributed by atoms with Crippen LogP contribution in [-0.2, 0) is 0 Å². The largest absolute Gasteiger partial charge is 0.0810 e. The van der Waals surface area contributed by atoms with Gasteiger partial charge in [-0.15, -0.1) is 0 Å². The van der Waals surface area contributed by atoms with Crippen molar-refractivity contribution in [2.75, 3.05) is 0 Å². The van der Waals surface area contributed by atoms with E-state index in [1.54, 1.807) is 0 Å².